The molecule has 0 spiro atoms. The van der Waals surface area contributed by atoms with Crippen LogP contribution in [-0.4, -0.2) is 27.3 Å². The molecular weight excluding hydrogens is 256 g/mol. The first-order valence-electron chi connectivity index (χ1n) is 6.11. The zero-order valence-corrected chi connectivity index (χ0v) is 11.7. The van der Waals surface area contributed by atoms with Crippen molar-refractivity contribution >= 4 is 5.97 Å². The van der Waals surface area contributed by atoms with E-state index in [1.54, 1.807) is 26.4 Å². The predicted octanol–water partition coefficient (Wildman–Crippen LogP) is 3.16. The average Bonchev–Trinajstić information content (AvgIpc) is 2.53. The Balaban J connectivity index is 2.54. The predicted molar refractivity (Wildman–Crippen MR) is 76.3 cm³/mol. The summed E-state index contributed by atoms with van der Waals surface area (Å²) in [6, 6.07) is 12.8. The fourth-order valence-electron chi connectivity index (χ4n) is 2.03. The van der Waals surface area contributed by atoms with E-state index >= 15 is 0 Å². The molecule has 0 radical (unpaired) electrons. The summed E-state index contributed by atoms with van der Waals surface area (Å²) in [5.41, 5.74) is 2.21. The largest absolute Gasteiger partial charge is 0.496 e. The summed E-state index contributed by atoms with van der Waals surface area (Å²) in [6.45, 7) is 0. The molecule has 0 aliphatic rings. The lowest BCUT2D eigenvalue weighted by Gasteiger charge is -2.13. The van der Waals surface area contributed by atoms with Crippen LogP contribution in [0.25, 0.3) is 11.1 Å². The van der Waals surface area contributed by atoms with Gasteiger partial charge in [0, 0.05) is 11.1 Å². The Bertz CT molecular complexity index is 620. The number of esters is 1. The van der Waals surface area contributed by atoms with Crippen LogP contribution in [-0.2, 0) is 4.74 Å². The molecule has 0 saturated carbocycles. The molecule has 4 nitrogen and oxygen atoms in total. The van der Waals surface area contributed by atoms with E-state index in [1.165, 1.54) is 7.11 Å². The highest BCUT2D eigenvalue weighted by Crippen LogP contribution is 2.36. The minimum atomic E-state index is -0.394. The van der Waals surface area contributed by atoms with E-state index in [1.807, 2.05) is 30.3 Å². The van der Waals surface area contributed by atoms with Gasteiger partial charge in [0.1, 0.15) is 11.5 Å². The van der Waals surface area contributed by atoms with E-state index in [9.17, 15) is 4.79 Å². The van der Waals surface area contributed by atoms with Crippen LogP contribution in [0.5, 0.6) is 11.5 Å². The molecule has 4 heteroatoms. The third kappa shape index (κ3) is 2.59. The molecule has 0 heterocycles. The number of carbonyl (C=O) groups excluding carboxylic acids is 1. The maximum absolute atomic E-state index is 11.6. The average molecular weight is 272 g/mol. The fraction of sp³-hybridized carbons (Fsp3) is 0.188. The minimum Gasteiger partial charge on any atom is -0.496 e. The van der Waals surface area contributed by atoms with Crippen molar-refractivity contribution in [1.82, 2.24) is 0 Å². The summed E-state index contributed by atoms with van der Waals surface area (Å²) in [5.74, 6) is 0.948. The van der Waals surface area contributed by atoms with Gasteiger partial charge >= 0.3 is 5.97 Å². The minimum absolute atomic E-state index is 0.394. The Morgan fingerprint density at radius 1 is 0.850 bits per heavy atom. The molecule has 0 unspecified atom stereocenters. The summed E-state index contributed by atoms with van der Waals surface area (Å²) in [5, 5.41) is 0. The number of rotatable bonds is 4. The molecule has 0 aromatic heterocycles. The van der Waals surface area contributed by atoms with Crippen molar-refractivity contribution in [2.45, 2.75) is 0 Å². The summed E-state index contributed by atoms with van der Waals surface area (Å²) < 4.78 is 15.4. The molecule has 0 amide bonds. The van der Waals surface area contributed by atoms with Gasteiger partial charge in [-0.05, 0) is 24.3 Å². The van der Waals surface area contributed by atoms with Crippen molar-refractivity contribution in [2.24, 2.45) is 0 Å². The van der Waals surface area contributed by atoms with E-state index in [4.69, 9.17) is 14.2 Å². The molecular formula is C16H16O4. The van der Waals surface area contributed by atoms with Gasteiger partial charge in [-0.2, -0.15) is 0 Å². The molecule has 20 heavy (non-hydrogen) atoms. The molecule has 2 aromatic carbocycles. The van der Waals surface area contributed by atoms with Gasteiger partial charge in [0.05, 0.1) is 26.9 Å². The summed E-state index contributed by atoms with van der Waals surface area (Å²) >= 11 is 0. The smallest absolute Gasteiger partial charge is 0.337 e. The normalized spacial score (nSPS) is 9.95. The molecule has 0 bridgehead atoms. The van der Waals surface area contributed by atoms with Crippen molar-refractivity contribution in [3.63, 3.8) is 0 Å². The molecule has 2 aromatic rings. The molecule has 0 N–H and O–H groups in total. The lowest BCUT2D eigenvalue weighted by atomic mass is 10.0. The van der Waals surface area contributed by atoms with Crippen LogP contribution in [0.1, 0.15) is 10.4 Å². The van der Waals surface area contributed by atoms with Crippen LogP contribution < -0.4 is 9.47 Å². The van der Waals surface area contributed by atoms with E-state index in [0.29, 0.717) is 11.3 Å². The highest BCUT2D eigenvalue weighted by Gasteiger charge is 2.14. The zero-order valence-electron chi connectivity index (χ0n) is 11.7. The molecule has 2 rings (SSSR count). The second kappa shape index (κ2) is 6.10. The SMILES string of the molecule is COC(=O)c1ccc(-c2ccccc2OC)c(OC)c1. The van der Waals surface area contributed by atoms with Crippen molar-refractivity contribution in [2.75, 3.05) is 21.3 Å². The van der Waals surface area contributed by atoms with Crippen molar-refractivity contribution in [3.8, 4) is 22.6 Å². The Labute approximate surface area is 117 Å². The number of hydrogen-bond acceptors (Lipinski definition) is 4. The molecule has 104 valence electrons. The second-order valence-electron chi connectivity index (χ2n) is 4.11. The lowest BCUT2D eigenvalue weighted by molar-refractivity contribution is 0.0600. The van der Waals surface area contributed by atoms with Gasteiger partial charge in [0.2, 0.25) is 0 Å². The van der Waals surface area contributed by atoms with Crippen LogP contribution in [0, 0.1) is 0 Å². The van der Waals surface area contributed by atoms with Crippen molar-refractivity contribution < 1.29 is 19.0 Å². The lowest BCUT2D eigenvalue weighted by Crippen LogP contribution is -2.02. The third-order valence-electron chi connectivity index (χ3n) is 3.02. The van der Waals surface area contributed by atoms with Gasteiger partial charge in [-0.3, -0.25) is 0 Å². The highest BCUT2D eigenvalue weighted by molar-refractivity contribution is 5.91. The number of ether oxygens (including phenoxy) is 3. The standard InChI is InChI=1S/C16H16O4/c1-18-14-7-5-4-6-12(14)13-9-8-11(16(17)20-3)10-15(13)19-2/h4-10H,1-3H3. The third-order valence-corrected chi connectivity index (χ3v) is 3.02. The molecule has 0 atom stereocenters. The Kier molecular flexibility index (Phi) is 4.25. The topological polar surface area (TPSA) is 44.8 Å². The molecule has 0 aliphatic heterocycles. The van der Waals surface area contributed by atoms with E-state index in [2.05, 4.69) is 0 Å². The van der Waals surface area contributed by atoms with Gasteiger partial charge in [0.25, 0.3) is 0 Å². The van der Waals surface area contributed by atoms with Crippen molar-refractivity contribution in [1.29, 1.82) is 0 Å². The number of methoxy groups -OCH3 is 3. The van der Waals surface area contributed by atoms with Crippen LogP contribution in [0.2, 0.25) is 0 Å². The first-order valence-corrected chi connectivity index (χ1v) is 6.11. The first kappa shape index (κ1) is 13.9. The number of benzene rings is 2. The molecule has 0 fully saturated rings. The van der Waals surface area contributed by atoms with Crippen LogP contribution >= 0.6 is 0 Å². The fourth-order valence-corrected chi connectivity index (χ4v) is 2.03. The van der Waals surface area contributed by atoms with E-state index in [0.717, 1.165) is 16.9 Å². The Hall–Kier alpha value is -2.49. The van der Waals surface area contributed by atoms with Gasteiger partial charge in [-0.1, -0.05) is 18.2 Å². The van der Waals surface area contributed by atoms with Crippen LogP contribution in [0.4, 0.5) is 0 Å². The van der Waals surface area contributed by atoms with E-state index < -0.39 is 5.97 Å². The maximum Gasteiger partial charge on any atom is 0.337 e. The number of hydrogen-bond donors (Lipinski definition) is 0. The number of para-hydroxylation sites is 1. The highest BCUT2D eigenvalue weighted by atomic mass is 16.5. The number of carbonyl (C=O) groups is 1. The van der Waals surface area contributed by atoms with Gasteiger partial charge < -0.3 is 14.2 Å². The van der Waals surface area contributed by atoms with Gasteiger partial charge in [0.15, 0.2) is 0 Å². The summed E-state index contributed by atoms with van der Waals surface area (Å²) in [4.78, 5) is 11.6. The Morgan fingerprint density at radius 3 is 2.15 bits per heavy atom. The van der Waals surface area contributed by atoms with Gasteiger partial charge in [-0.25, -0.2) is 4.79 Å². The molecule has 0 saturated heterocycles. The summed E-state index contributed by atoms with van der Waals surface area (Å²) in [6.07, 6.45) is 0. The first-order chi connectivity index (χ1) is 9.71. The molecule has 0 aliphatic carbocycles. The Morgan fingerprint density at radius 2 is 1.50 bits per heavy atom. The monoisotopic (exact) mass is 272 g/mol. The van der Waals surface area contributed by atoms with E-state index in [-0.39, 0.29) is 0 Å². The second-order valence-corrected chi connectivity index (χ2v) is 4.11. The van der Waals surface area contributed by atoms with Crippen LogP contribution in [0.15, 0.2) is 42.5 Å². The summed E-state index contributed by atoms with van der Waals surface area (Å²) in [7, 11) is 4.53. The van der Waals surface area contributed by atoms with Crippen molar-refractivity contribution in [3.05, 3.63) is 48.0 Å². The van der Waals surface area contributed by atoms with Gasteiger partial charge in [-0.15, -0.1) is 0 Å². The quantitative estimate of drug-likeness (QED) is 0.802. The zero-order chi connectivity index (χ0) is 14.5. The van der Waals surface area contributed by atoms with Crippen LogP contribution in [0.3, 0.4) is 0 Å². The maximum atomic E-state index is 11.6.